The molecule has 0 heterocycles. The third kappa shape index (κ3) is 4.28. The summed E-state index contributed by atoms with van der Waals surface area (Å²) in [6.07, 6.45) is 0.720. The maximum absolute atomic E-state index is 12.2. The van der Waals surface area contributed by atoms with Gasteiger partial charge in [-0.15, -0.1) is 0 Å². The number of nitrogens with one attached hydrogen (secondary N) is 1. The van der Waals surface area contributed by atoms with Crippen molar-refractivity contribution in [3.8, 4) is 0 Å². The van der Waals surface area contributed by atoms with Crippen molar-refractivity contribution in [3.05, 3.63) is 68.8 Å². The molecule has 1 unspecified atom stereocenters. The molecule has 1 atom stereocenters. The van der Waals surface area contributed by atoms with Crippen LogP contribution in [0.3, 0.4) is 0 Å². The van der Waals surface area contributed by atoms with E-state index >= 15 is 0 Å². The molecule has 2 aromatic rings. The van der Waals surface area contributed by atoms with Gasteiger partial charge in [-0.05, 0) is 53.1 Å². The number of rotatable bonds is 5. The number of halogens is 1. The van der Waals surface area contributed by atoms with Crippen LogP contribution in [0.15, 0.2) is 48.5 Å². The lowest BCUT2D eigenvalue weighted by molar-refractivity contribution is 0.0951. The Morgan fingerprint density at radius 2 is 1.90 bits per heavy atom. The second-order valence-electron chi connectivity index (χ2n) is 5.00. The van der Waals surface area contributed by atoms with Gasteiger partial charge < -0.3 is 11.1 Å². The van der Waals surface area contributed by atoms with E-state index in [0.29, 0.717) is 6.54 Å². The highest BCUT2D eigenvalue weighted by atomic mass is 127. The number of amides is 1. The van der Waals surface area contributed by atoms with E-state index in [2.05, 4.69) is 27.9 Å². The number of hydrogen-bond acceptors (Lipinski definition) is 2. The van der Waals surface area contributed by atoms with Crippen molar-refractivity contribution in [2.24, 2.45) is 5.73 Å². The lowest BCUT2D eigenvalue weighted by atomic mass is 10.0. The third-order valence-corrected chi connectivity index (χ3v) is 4.84. The molecule has 0 bridgehead atoms. The summed E-state index contributed by atoms with van der Waals surface area (Å²) in [6, 6.07) is 15.6. The number of hydrogen-bond donors (Lipinski definition) is 2. The summed E-state index contributed by atoms with van der Waals surface area (Å²) < 4.78 is 1.000. The lowest BCUT2D eigenvalue weighted by Gasteiger charge is -2.13. The topological polar surface area (TPSA) is 55.1 Å². The van der Waals surface area contributed by atoms with Gasteiger partial charge in [0.05, 0.1) is 5.56 Å². The van der Waals surface area contributed by atoms with Crippen LogP contribution < -0.4 is 11.1 Å². The van der Waals surface area contributed by atoms with Crippen molar-refractivity contribution in [2.45, 2.75) is 19.4 Å². The van der Waals surface area contributed by atoms with Crippen LogP contribution in [0.4, 0.5) is 0 Å². The summed E-state index contributed by atoms with van der Waals surface area (Å²) in [5.74, 6) is -0.0386. The van der Waals surface area contributed by atoms with Crippen LogP contribution >= 0.6 is 22.6 Å². The Kier molecular flexibility index (Phi) is 5.76. The minimum atomic E-state index is -0.0527. The van der Waals surface area contributed by atoms with Crippen LogP contribution in [0, 0.1) is 10.5 Å². The second-order valence-corrected chi connectivity index (χ2v) is 6.08. The zero-order valence-electron chi connectivity index (χ0n) is 12.0. The molecule has 0 radical (unpaired) electrons. The molecule has 1 amide bonds. The number of nitrogens with two attached hydrogens (primary N) is 1. The third-order valence-electron chi connectivity index (χ3n) is 3.41. The first-order valence-corrected chi connectivity index (χ1v) is 8.01. The molecule has 4 heteroatoms. The fourth-order valence-corrected chi connectivity index (χ4v) is 2.73. The molecule has 0 saturated carbocycles. The zero-order chi connectivity index (χ0) is 15.2. The fraction of sp³-hybridized carbons (Fsp3) is 0.235. The first kappa shape index (κ1) is 16.0. The monoisotopic (exact) mass is 394 g/mol. The number of carbonyl (C=O) groups excluding carboxylic acids is 1. The molecule has 0 fully saturated rings. The Bertz CT molecular complexity index is 613. The number of aryl methyl sites for hydroxylation is 1. The Labute approximate surface area is 139 Å². The van der Waals surface area contributed by atoms with Crippen molar-refractivity contribution in [1.82, 2.24) is 5.32 Å². The predicted octanol–water partition coefficient (Wildman–Crippen LogP) is 3.42. The quantitative estimate of drug-likeness (QED) is 0.764. The zero-order valence-corrected chi connectivity index (χ0v) is 14.1. The lowest BCUT2D eigenvalue weighted by Crippen LogP contribution is -2.28. The molecule has 2 aromatic carbocycles. The van der Waals surface area contributed by atoms with Gasteiger partial charge >= 0.3 is 0 Å². The fourth-order valence-electron chi connectivity index (χ4n) is 2.13. The molecule has 0 aromatic heterocycles. The largest absolute Gasteiger partial charge is 0.352 e. The summed E-state index contributed by atoms with van der Waals surface area (Å²) in [6.45, 7) is 2.57. The maximum Gasteiger partial charge on any atom is 0.252 e. The highest BCUT2D eigenvalue weighted by Gasteiger charge is 2.11. The molecule has 0 saturated heterocycles. The van der Waals surface area contributed by atoms with Gasteiger partial charge in [0.1, 0.15) is 0 Å². The molecule has 21 heavy (non-hydrogen) atoms. The van der Waals surface area contributed by atoms with Gasteiger partial charge in [-0.1, -0.05) is 42.5 Å². The van der Waals surface area contributed by atoms with Gasteiger partial charge in [0.25, 0.3) is 5.91 Å². The van der Waals surface area contributed by atoms with E-state index in [1.807, 2.05) is 55.5 Å². The van der Waals surface area contributed by atoms with Crippen LogP contribution in [0.1, 0.15) is 33.9 Å². The van der Waals surface area contributed by atoms with Crippen LogP contribution in [-0.2, 0) is 0 Å². The van der Waals surface area contributed by atoms with Crippen molar-refractivity contribution in [3.63, 3.8) is 0 Å². The standard InChI is InChI=1S/C17H19IN2O/c1-12-6-5-9-14(16(12)18)17(21)20-11-10-15(19)13-7-3-2-4-8-13/h2-9,15H,10-11,19H2,1H3,(H,20,21). The summed E-state index contributed by atoms with van der Waals surface area (Å²) >= 11 is 2.21. The number of carbonyl (C=O) groups is 1. The highest BCUT2D eigenvalue weighted by molar-refractivity contribution is 14.1. The van der Waals surface area contributed by atoms with Crippen LogP contribution in [-0.4, -0.2) is 12.5 Å². The van der Waals surface area contributed by atoms with E-state index in [4.69, 9.17) is 5.73 Å². The Morgan fingerprint density at radius 1 is 1.19 bits per heavy atom. The maximum atomic E-state index is 12.2. The van der Waals surface area contributed by atoms with E-state index in [0.717, 1.165) is 26.7 Å². The van der Waals surface area contributed by atoms with E-state index in [-0.39, 0.29) is 11.9 Å². The van der Waals surface area contributed by atoms with Crippen molar-refractivity contribution in [1.29, 1.82) is 0 Å². The summed E-state index contributed by atoms with van der Waals surface area (Å²) in [5, 5.41) is 2.94. The first-order chi connectivity index (χ1) is 10.1. The van der Waals surface area contributed by atoms with Gasteiger partial charge in [0.15, 0.2) is 0 Å². The van der Waals surface area contributed by atoms with Gasteiger partial charge in [-0.25, -0.2) is 0 Å². The van der Waals surface area contributed by atoms with Crippen LogP contribution in [0.25, 0.3) is 0 Å². The van der Waals surface area contributed by atoms with Crippen LogP contribution in [0.5, 0.6) is 0 Å². The van der Waals surface area contributed by atoms with E-state index in [9.17, 15) is 4.79 Å². The highest BCUT2D eigenvalue weighted by Crippen LogP contribution is 2.17. The Morgan fingerprint density at radius 3 is 2.62 bits per heavy atom. The Hall–Kier alpha value is -1.40. The van der Waals surface area contributed by atoms with E-state index in [1.165, 1.54) is 0 Å². The molecule has 3 N–H and O–H groups in total. The van der Waals surface area contributed by atoms with E-state index < -0.39 is 0 Å². The van der Waals surface area contributed by atoms with Crippen LogP contribution in [0.2, 0.25) is 0 Å². The molecular formula is C17H19IN2O. The smallest absolute Gasteiger partial charge is 0.252 e. The summed E-state index contributed by atoms with van der Waals surface area (Å²) in [5.41, 5.74) is 9.06. The van der Waals surface area contributed by atoms with Crippen molar-refractivity contribution in [2.75, 3.05) is 6.54 Å². The average Bonchev–Trinajstić information content (AvgIpc) is 2.50. The van der Waals surface area contributed by atoms with Gasteiger partial charge in [-0.2, -0.15) is 0 Å². The molecular weight excluding hydrogens is 375 g/mol. The molecule has 110 valence electrons. The van der Waals surface area contributed by atoms with E-state index in [1.54, 1.807) is 0 Å². The summed E-state index contributed by atoms with van der Waals surface area (Å²) in [7, 11) is 0. The molecule has 0 spiro atoms. The summed E-state index contributed by atoms with van der Waals surface area (Å²) in [4.78, 5) is 12.2. The molecule has 0 aliphatic rings. The molecule has 0 aliphatic heterocycles. The first-order valence-electron chi connectivity index (χ1n) is 6.93. The van der Waals surface area contributed by atoms with Crippen molar-refractivity contribution < 1.29 is 4.79 Å². The van der Waals surface area contributed by atoms with Gasteiger partial charge in [0.2, 0.25) is 0 Å². The normalized spacial score (nSPS) is 12.0. The minimum absolute atomic E-state index is 0.0386. The van der Waals surface area contributed by atoms with Gasteiger partial charge in [0, 0.05) is 16.2 Å². The predicted molar refractivity (Wildman–Crippen MR) is 94.2 cm³/mol. The molecule has 0 aliphatic carbocycles. The molecule has 3 nitrogen and oxygen atoms in total. The Balaban J connectivity index is 1.89. The molecule has 2 rings (SSSR count). The van der Waals surface area contributed by atoms with Crippen molar-refractivity contribution >= 4 is 28.5 Å². The number of benzene rings is 2. The SMILES string of the molecule is Cc1cccc(C(=O)NCCC(N)c2ccccc2)c1I. The average molecular weight is 394 g/mol. The second kappa shape index (κ2) is 7.56. The van der Waals surface area contributed by atoms with Gasteiger partial charge in [-0.3, -0.25) is 4.79 Å². The minimum Gasteiger partial charge on any atom is -0.352 e.